The van der Waals surface area contributed by atoms with Crippen LogP contribution in [0, 0.1) is 5.41 Å². The average molecular weight is 258 g/mol. The Balaban J connectivity index is 3.03. The van der Waals surface area contributed by atoms with Crippen molar-refractivity contribution in [1.82, 2.24) is 9.97 Å². The van der Waals surface area contributed by atoms with Gasteiger partial charge in [0.2, 0.25) is 0 Å². The molecule has 7 nitrogen and oxygen atoms in total. The third-order valence-electron chi connectivity index (χ3n) is 2.03. The minimum Gasteiger partial charge on any atom is -0.448 e. The molecule has 0 saturated carbocycles. The Morgan fingerprint density at radius 2 is 2.12 bits per heavy atom. The van der Waals surface area contributed by atoms with E-state index in [1.807, 2.05) is 0 Å². The summed E-state index contributed by atoms with van der Waals surface area (Å²) in [4.78, 5) is 19.0. The summed E-state index contributed by atoms with van der Waals surface area (Å²) in [5.41, 5.74) is 9.40. The van der Waals surface area contributed by atoms with E-state index < -0.39 is 11.6 Å². The van der Waals surface area contributed by atoms with Gasteiger partial charge in [0.15, 0.2) is 5.60 Å². The van der Waals surface area contributed by atoms with Gasteiger partial charge >= 0.3 is 5.97 Å². The predicted octanol–water partition coefficient (Wildman–Crippen LogP) is 0.584. The highest BCUT2D eigenvalue weighted by Crippen LogP contribution is 2.21. The highest BCUT2D eigenvalue weighted by atomic mass is 35.5. The van der Waals surface area contributed by atoms with Crippen LogP contribution in [-0.4, -0.2) is 27.4 Å². The molecule has 8 heteroatoms. The van der Waals surface area contributed by atoms with Gasteiger partial charge in [-0.25, -0.2) is 14.8 Å². The quantitative estimate of drug-likeness (QED) is 0.314. The fourth-order valence-electron chi connectivity index (χ4n) is 0.903. The number of nitrogens with two attached hydrogens (primary N) is 2. The van der Waals surface area contributed by atoms with Crippen LogP contribution in [0.2, 0.25) is 5.15 Å². The number of carbonyl (C=O) groups is 1. The number of amidine groups is 1. The van der Waals surface area contributed by atoms with Crippen LogP contribution in [0.3, 0.4) is 0 Å². The Labute approximate surface area is 103 Å². The van der Waals surface area contributed by atoms with Crippen LogP contribution in [0.5, 0.6) is 0 Å². The van der Waals surface area contributed by atoms with Gasteiger partial charge in [-0.1, -0.05) is 11.6 Å². The standard InChI is InChI=1S/C9H12ClN5O2/c1-9(2,8(12)13)17-7(16)4-5(10)14-3-15-6(4)11/h3H,1-2H3,(H3,12,13)(H2,11,14,15). The van der Waals surface area contributed by atoms with Crippen molar-refractivity contribution in [2.75, 3.05) is 5.73 Å². The molecular weight excluding hydrogens is 246 g/mol. The first-order chi connectivity index (χ1) is 7.75. The monoisotopic (exact) mass is 257 g/mol. The van der Waals surface area contributed by atoms with E-state index in [0.29, 0.717) is 0 Å². The van der Waals surface area contributed by atoms with E-state index in [4.69, 9.17) is 33.2 Å². The fraction of sp³-hybridized carbons (Fsp3) is 0.333. The maximum absolute atomic E-state index is 11.8. The zero-order chi connectivity index (χ0) is 13.2. The molecule has 0 aliphatic heterocycles. The number of esters is 1. The maximum atomic E-state index is 11.8. The first-order valence-corrected chi connectivity index (χ1v) is 4.97. The number of aromatic nitrogens is 2. The molecule has 0 atom stereocenters. The third-order valence-corrected chi connectivity index (χ3v) is 2.32. The summed E-state index contributed by atoms with van der Waals surface area (Å²) < 4.78 is 5.01. The molecule has 0 aliphatic carbocycles. The number of nitrogen functional groups attached to an aromatic ring is 1. The average Bonchev–Trinajstić information content (AvgIpc) is 2.15. The van der Waals surface area contributed by atoms with Crippen molar-refractivity contribution in [2.45, 2.75) is 19.4 Å². The van der Waals surface area contributed by atoms with E-state index in [-0.39, 0.29) is 22.4 Å². The summed E-state index contributed by atoms with van der Waals surface area (Å²) in [6.45, 7) is 2.95. The van der Waals surface area contributed by atoms with Crippen LogP contribution < -0.4 is 11.5 Å². The van der Waals surface area contributed by atoms with Crippen molar-refractivity contribution in [3.63, 3.8) is 0 Å². The van der Waals surface area contributed by atoms with E-state index in [0.717, 1.165) is 6.33 Å². The molecule has 0 spiro atoms. The van der Waals surface area contributed by atoms with Gasteiger partial charge in [0, 0.05) is 0 Å². The van der Waals surface area contributed by atoms with Crippen LogP contribution in [-0.2, 0) is 4.74 Å². The Morgan fingerprint density at radius 1 is 1.53 bits per heavy atom. The Morgan fingerprint density at radius 3 is 2.59 bits per heavy atom. The second kappa shape index (κ2) is 4.54. The molecule has 0 amide bonds. The van der Waals surface area contributed by atoms with Crippen molar-refractivity contribution in [1.29, 1.82) is 5.41 Å². The summed E-state index contributed by atoms with van der Waals surface area (Å²) in [6.07, 6.45) is 1.13. The second-order valence-corrected chi connectivity index (χ2v) is 4.10. The molecule has 0 aromatic carbocycles. The molecule has 0 aliphatic rings. The molecule has 17 heavy (non-hydrogen) atoms. The lowest BCUT2D eigenvalue weighted by Gasteiger charge is -2.23. The van der Waals surface area contributed by atoms with Gasteiger partial charge in [0.05, 0.1) is 0 Å². The molecule has 1 aromatic heterocycles. The fourth-order valence-corrected chi connectivity index (χ4v) is 1.12. The number of nitrogens with one attached hydrogen (secondary N) is 1. The van der Waals surface area contributed by atoms with Crippen molar-refractivity contribution < 1.29 is 9.53 Å². The summed E-state index contributed by atoms with van der Waals surface area (Å²) in [6, 6.07) is 0. The zero-order valence-electron chi connectivity index (χ0n) is 9.32. The van der Waals surface area contributed by atoms with E-state index in [9.17, 15) is 4.79 Å². The molecule has 0 radical (unpaired) electrons. The van der Waals surface area contributed by atoms with Gasteiger partial charge in [-0.3, -0.25) is 5.41 Å². The Bertz CT molecular complexity index is 454. The van der Waals surface area contributed by atoms with E-state index >= 15 is 0 Å². The van der Waals surface area contributed by atoms with Crippen molar-refractivity contribution in [2.24, 2.45) is 5.73 Å². The van der Waals surface area contributed by atoms with Gasteiger partial charge < -0.3 is 16.2 Å². The summed E-state index contributed by atoms with van der Waals surface area (Å²) in [5, 5.41) is 7.16. The van der Waals surface area contributed by atoms with Crippen LogP contribution >= 0.6 is 11.6 Å². The molecule has 5 N–H and O–H groups in total. The lowest BCUT2D eigenvalue weighted by atomic mass is 10.1. The molecule has 92 valence electrons. The van der Waals surface area contributed by atoms with E-state index in [1.165, 1.54) is 13.8 Å². The molecule has 0 bridgehead atoms. The smallest absolute Gasteiger partial charge is 0.346 e. The number of ether oxygens (including phenoxy) is 1. The number of hydrogen-bond acceptors (Lipinski definition) is 6. The summed E-state index contributed by atoms with van der Waals surface area (Å²) in [5.74, 6) is -1.21. The zero-order valence-corrected chi connectivity index (χ0v) is 10.1. The molecule has 0 saturated heterocycles. The largest absolute Gasteiger partial charge is 0.448 e. The number of carbonyl (C=O) groups excluding carboxylic acids is 1. The van der Waals surface area contributed by atoms with Gasteiger partial charge in [-0.05, 0) is 13.8 Å². The minimum atomic E-state index is -1.25. The highest BCUT2D eigenvalue weighted by Gasteiger charge is 2.29. The van der Waals surface area contributed by atoms with Crippen LogP contribution in [0.4, 0.5) is 5.82 Å². The number of nitrogens with zero attached hydrogens (tertiary/aromatic N) is 2. The van der Waals surface area contributed by atoms with Crippen LogP contribution in [0.25, 0.3) is 0 Å². The molecule has 0 fully saturated rings. The Hall–Kier alpha value is -1.89. The van der Waals surface area contributed by atoms with Gasteiger partial charge in [-0.15, -0.1) is 0 Å². The maximum Gasteiger partial charge on any atom is 0.346 e. The molecule has 1 heterocycles. The lowest BCUT2D eigenvalue weighted by Crippen LogP contribution is -2.42. The van der Waals surface area contributed by atoms with Crippen molar-refractivity contribution in [3.05, 3.63) is 17.0 Å². The number of hydrogen-bond donors (Lipinski definition) is 3. The van der Waals surface area contributed by atoms with E-state index in [2.05, 4.69) is 9.97 Å². The number of rotatable bonds is 3. The third kappa shape index (κ3) is 2.82. The normalized spacial score (nSPS) is 11.0. The summed E-state index contributed by atoms with van der Waals surface area (Å²) in [7, 11) is 0. The molecule has 0 unspecified atom stereocenters. The van der Waals surface area contributed by atoms with E-state index in [1.54, 1.807) is 0 Å². The number of anilines is 1. The minimum absolute atomic E-state index is 0.0886. The SMILES string of the molecule is CC(C)(OC(=O)c1c(N)ncnc1Cl)C(=N)N. The first kappa shape index (κ1) is 13.2. The van der Waals surface area contributed by atoms with Crippen LogP contribution in [0.1, 0.15) is 24.2 Å². The lowest BCUT2D eigenvalue weighted by molar-refractivity contribution is 0.0228. The summed E-state index contributed by atoms with van der Waals surface area (Å²) >= 11 is 5.72. The second-order valence-electron chi connectivity index (χ2n) is 3.74. The van der Waals surface area contributed by atoms with Crippen molar-refractivity contribution in [3.8, 4) is 0 Å². The van der Waals surface area contributed by atoms with Gasteiger partial charge in [0.25, 0.3) is 0 Å². The van der Waals surface area contributed by atoms with Crippen LogP contribution in [0.15, 0.2) is 6.33 Å². The van der Waals surface area contributed by atoms with Gasteiger partial charge in [-0.2, -0.15) is 0 Å². The van der Waals surface area contributed by atoms with Crippen molar-refractivity contribution >= 4 is 29.2 Å². The Kier molecular flexibility index (Phi) is 3.52. The topological polar surface area (TPSA) is 128 Å². The molecule has 1 aromatic rings. The van der Waals surface area contributed by atoms with Gasteiger partial charge in [0.1, 0.15) is 28.7 Å². The predicted molar refractivity (Wildman–Crippen MR) is 62.9 cm³/mol. The first-order valence-electron chi connectivity index (χ1n) is 4.59. The molecular formula is C9H12ClN5O2. The highest BCUT2D eigenvalue weighted by molar-refractivity contribution is 6.33. The number of halogens is 1. The molecule has 1 rings (SSSR count).